The number of nitrogens with zero attached hydrogens (tertiary/aromatic N) is 1. The number of hydrogen-bond acceptors (Lipinski definition) is 1. The highest BCUT2D eigenvalue weighted by molar-refractivity contribution is 5.51. The van der Waals surface area contributed by atoms with Crippen molar-refractivity contribution >= 4 is 0 Å². The zero-order valence-electron chi connectivity index (χ0n) is 13.2. The van der Waals surface area contributed by atoms with Gasteiger partial charge in [-0.2, -0.15) is 0 Å². The van der Waals surface area contributed by atoms with E-state index in [-0.39, 0.29) is 0 Å². The van der Waals surface area contributed by atoms with Crippen LogP contribution in [-0.4, -0.2) is 18.0 Å². The Hall–Kier alpha value is -1.24. The van der Waals surface area contributed by atoms with Crippen LogP contribution in [0.25, 0.3) is 0 Å². The molecular formula is C18H29N. The van der Waals surface area contributed by atoms with Crippen LogP contribution in [0.3, 0.4) is 0 Å². The van der Waals surface area contributed by atoms with Crippen LogP contribution in [-0.2, 0) is 0 Å². The lowest BCUT2D eigenvalue weighted by Gasteiger charge is -2.31. The molecule has 0 aromatic rings. The van der Waals surface area contributed by atoms with Crippen molar-refractivity contribution in [2.24, 2.45) is 0 Å². The van der Waals surface area contributed by atoms with Gasteiger partial charge in [0.2, 0.25) is 0 Å². The van der Waals surface area contributed by atoms with Crippen LogP contribution in [0.5, 0.6) is 0 Å². The Morgan fingerprint density at radius 3 is 2.63 bits per heavy atom. The highest BCUT2D eigenvalue weighted by Gasteiger charge is 2.19. The first kappa shape index (κ1) is 15.8. The summed E-state index contributed by atoms with van der Waals surface area (Å²) in [6, 6.07) is 0.458. The molecule has 0 aliphatic carbocycles. The minimum absolute atomic E-state index is 0.458. The highest BCUT2D eigenvalue weighted by atomic mass is 15.1. The van der Waals surface area contributed by atoms with Crippen molar-refractivity contribution in [3.63, 3.8) is 0 Å². The van der Waals surface area contributed by atoms with E-state index < -0.39 is 0 Å². The van der Waals surface area contributed by atoms with Gasteiger partial charge in [0, 0.05) is 7.05 Å². The van der Waals surface area contributed by atoms with Crippen molar-refractivity contribution in [3.8, 4) is 0 Å². The largest absolute Gasteiger partial charge is 0.374 e. The van der Waals surface area contributed by atoms with E-state index in [2.05, 4.69) is 70.1 Å². The maximum absolute atomic E-state index is 2.43. The monoisotopic (exact) mass is 259 g/mol. The van der Waals surface area contributed by atoms with E-state index in [1.54, 1.807) is 0 Å². The van der Waals surface area contributed by atoms with Crippen molar-refractivity contribution in [2.75, 3.05) is 7.05 Å². The lowest BCUT2D eigenvalue weighted by atomic mass is 9.88. The molecule has 1 atom stereocenters. The molecule has 0 saturated heterocycles. The average molecular weight is 259 g/mol. The second-order valence-corrected chi connectivity index (χ2v) is 5.28. The van der Waals surface area contributed by atoms with Gasteiger partial charge in [0.15, 0.2) is 0 Å². The van der Waals surface area contributed by atoms with Gasteiger partial charge in [0.25, 0.3) is 0 Å². The van der Waals surface area contributed by atoms with Gasteiger partial charge in [-0.1, -0.05) is 44.9 Å². The van der Waals surface area contributed by atoms with E-state index in [1.807, 2.05) is 0 Å². The van der Waals surface area contributed by atoms with E-state index in [1.165, 1.54) is 36.0 Å². The summed E-state index contributed by atoms with van der Waals surface area (Å²) in [5.74, 6) is 0. The lowest BCUT2D eigenvalue weighted by molar-refractivity contribution is 0.390. The van der Waals surface area contributed by atoms with Crippen molar-refractivity contribution < 1.29 is 0 Å². The van der Waals surface area contributed by atoms with Gasteiger partial charge in [0.05, 0.1) is 6.04 Å². The molecule has 19 heavy (non-hydrogen) atoms. The van der Waals surface area contributed by atoms with Crippen LogP contribution in [0.15, 0.2) is 47.2 Å². The van der Waals surface area contributed by atoms with Gasteiger partial charge in [-0.25, -0.2) is 0 Å². The molecule has 0 spiro atoms. The van der Waals surface area contributed by atoms with Gasteiger partial charge in [-0.05, 0) is 55.7 Å². The third-order valence-corrected chi connectivity index (χ3v) is 3.82. The Morgan fingerprint density at radius 2 is 2.05 bits per heavy atom. The average Bonchev–Trinajstić information content (AvgIpc) is 2.42. The van der Waals surface area contributed by atoms with Crippen molar-refractivity contribution in [3.05, 3.63) is 47.2 Å². The van der Waals surface area contributed by atoms with Gasteiger partial charge >= 0.3 is 0 Å². The van der Waals surface area contributed by atoms with E-state index in [0.29, 0.717) is 6.04 Å². The first-order valence-corrected chi connectivity index (χ1v) is 7.62. The molecule has 0 aromatic carbocycles. The smallest absolute Gasteiger partial charge is 0.0511 e. The molecule has 1 unspecified atom stereocenters. The predicted molar refractivity (Wildman–Crippen MR) is 86.1 cm³/mol. The molecule has 0 amide bonds. The lowest BCUT2D eigenvalue weighted by Crippen LogP contribution is -2.28. The molecule has 1 rings (SSSR count). The summed E-state index contributed by atoms with van der Waals surface area (Å²) in [5.41, 5.74) is 4.42. The van der Waals surface area contributed by atoms with E-state index in [0.717, 1.165) is 6.42 Å². The highest BCUT2D eigenvalue weighted by Crippen LogP contribution is 2.30. The normalized spacial score (nSPS) is 20.8. The Balaban J connectivity index is 3.10. The van der Waals surface area contributed by atoms with Crippen molar-refractivity contribution in [1.82, 2.24) is 4.90 Å². The van der Waals surface area contributed by atoms with Crippen LogP contribution in [0.4, 0.5) is 0 Å². The Labute approximate surface area is 119 Å². The molecule has 1 heterocycles. The zero-order chi connectivity index (χ0) is 14.3. The second kappa shape index (κ2) is 8.04. The molecule has 0 fully saturated rings. The van der Waals surface area contributed by atoms with E-state index >= 15 is 0 Å². The first-order chi connectivity index (χ1) is 9.15. The predicted octanol–water partition coefficient (Wildman–Crippen LogP) is 5.23. The van der Waals surface area contributed by atoms with Crippen LogP contribution in [0.2, 0.25) is 0 Å². The topological polar surface area (TPSA) is 3.24 Å². The first-order valence-electron chi connectivity index (χ1n) is 7.62. The Kier molecular flexibility index (Phi) is 6.69. The molecule has 1 aliphatic heterocycles. The molecule has 1 nitrogen and oxygen atoms in total. The van der Waals surface area contributed by atoms with Gasteiger partial charge < -0.3 is 4.90 Å². The fraction of sp³-hybridized carbons (Fsp3) is 0.556. The molecule has 0 radical (unpaired) electrons. The maximum Gasteiger partial charge on any atom is 0.0511 e. The summed E-state index contributed by atoms with van der Waals surface area (Å²) in [6.07, 6.45) is 16.1. The minimum atomic E-state index is 0.458. The Bertz CT molecular complexity index is 396. The van der Waals surface area contributed by atoms with E-state index in [4.69, 9.17) is 0 Å². The number of likely N-dealkylation sites (N-methyl/N-ethyl adjacent to an activating group) is 1. The summed E-state index contributed by atoms with van der Waals surface area (Å²) < 4.78 is 0. The van der Waals surface area contributed by atoms with Gasteiger partial charge in [-0.3, -0.25) is 0 Å². The van der Waals surface area contributed by atoms with Crippen LogP contribution in [0, 0.1) is 0 Å². The summed E-state index contributed by atoms with van der Waals surface area (Å²) in [7, 11) is 2.15. The molecule has 0 aromatic heterocycles. The molecule has 0 N–H and O–H groups in total. The SMILES string of the molecule is C/C=C(CCC)/C(=C/CCC)C1=CC=CN(C)C1C. The summed E-state index contributed by atoms with van der Waals surface area (Å²) >= 11 is 0. The van der Waals surface area contributed by atoms with Crippen LogP contribution >= 0.6 is 0 Å². The number of allylic oxidation sites excluding steroid dienone is 5. The quantitative estimate of drug-likeness (QED) is 0.590. The third kappa shape index (κ3) is 4.12. The summed E-state index contributed by atoms with van der Waals surface area (Å²) in [4.78, 5) is 2.29. The molecule has 0 bridgehead atoms. The van der Waals surface area contributed by atoms with Crippen molar-refractivity contribution in [1.29, 1.82) is 0 Å². The molecule has 0 saturated carbocycles. The van der Waals surface area contributed by atoms with Gasteiger partial charge in [-0.15, -0.1) is 0 Å². The summed E-state index contributed by atoms with van der Waals surface area (Å²) in [5, 5.41) is 0. The molecular weight excluding hydrogens is 230 g/mol. The third-order valence-electron chi connectivity index (χ3n) is 3.82. The van der Waals surface area contributed by atoms with Crippen LogP contribution < -0.4 is 0 Å². The number of unbranched alkanes of at least 4 members (excludes halogenated alkanes) is 1. The van der Waals surface area contributed by atoms with Crippen LogP contribution in [0.1, 0.15) is 53.4 Å². The van der Waals surface area contributed by atoms with Crippen molar-refractivity contribution in [2.45, 2.75) is 59.4 Å². The zero-order valence-corrected chi connectivity index (χ0v) is 13.2. The molecule has 1 heteroatoms. The fourth-order valence-electron chi connectivity index (χ4n) is 2.51. The summed E-state index contributed by atoms with van der Waals surface area (Å²) in [6.45, 7) is 8.95. The number of rotatable bonds is 6. The fourth-order valence-corrected chi connectivity index (χ4v) is 2.51. The van der Waals surface area contributed by atoms with Gasteiger partial charge in [0.1, 0.15) is 0 Å². The maximum atomic E-state index is 2.43. The molecule has 1 aliphatic rings. The Morgan fingerprint density at radius 1 is 1.32 bits per heavy atom. The standard InChI is InChI=1S/C18H29N/c1-6-9-12-18(16(8-3)11-7-2)17-13-10-14-19(5)15(17)4/h8,10,12-15H,6-7,9,11H2,1-5H3/b16-8+,18-12-. The second-order valence-electron chi connectivity index (χ2n) is 5.28. The minimum Gasteiger partial charge on any atom is -0.374 e. The number of hydrogen-bond donors (Lipinski definition) is 0. The molecule has 106 valence electrons. The van der Waals surface area contributed by atoms with E-state index in [9.17, 15) is 0 Å².